The minimum absolute atomic E-state index is 0. The molecule has 1 aliphatic rings. The van der Waals surface area contributed by atoms with E-state index in [4.69, 9.17) is 9.84 Å². The van der Waals surface area contributed by atoms with E-state index in [-0.39, 0.29) is 36.2 Å². The van der Waals surface area contributed by atoms with Gasteiger partial charge in [0.25, 0.3) is 0 Å². The summed E-state index contributed by atoms with van der Waals surface area (Å²) < 4.78 is 19.7. The molecule has 154 valence electrons. The van der Waals surface area contributed by atoms with Gasteiger partial charge in [0.1, 0.15) is 11.6 Å². The van der Waals surface area contributed by atoms with Crippen molar-refractivity contribution in [2.24, 2.45) is 11.8 Å². The van der Waals surface area contributed by atoms with Crippen LogP contribution in [0.1, 0.15) is 37.4 Å². The third-order valence-electron chi connectivity index (χ3n) is 5.41. The average molecular weight is 413 g/mol. The van der Waals surface area contributed by atoms with Crippen LogP contribution in [0.15, 0.2) is 24.4 Å². The minimum atomic E-state index is -0.983. The van der Waals surface area contributed by atoms with Crippen LogP contribution in [0.2, 0.25) is 0 Å². The summed E-state index contributed by atoms with van der Waals surface area (Å²) in [4.78, 5) is 15.2. The van der Waals surface area contributed by atoms with Gasteiger partial charge in [-0.15, -0.1) is 12.4 Å². The number of benzene rings is 1. The maximum Gasteiger partial charge on any atom is 0.303 e. The fraction of sp³-hybridized carbons (Fsp3) is 0.500. The topological polar surface area (TPSA) is 91.7 Å². The summed E-state index contributed by atoms with van der Waals surface area (Å²) in [6.45, 7) is 1.50. The molecule has 28 heavy (non-hydrogen) atoms. The SMILES string of the molecule is COc1ccc2ncc(F)c([C@H](O)CCC3CCNC[C@H]3CC(=O)O)c2c1.Cl. The Morgan fingerprint density at radius 2 is 2.21 bits per heavy atom. The van der Waals surface area contributed by atoms with Gasteiger partial charge in [-0.3, -0.25) is 9.78 Å². The normalized spacial score (nSPS) is 20.4. The Bertz CT molecular complexity index is 820. The summed E-state index contributed by atoms with van der Waals surface area (Å²) in [5.41, 5.74) is 0.819. The maximum atomic E-state index is 14.5. The van der Waals surface area contributed by atoms with Gasteiger partial charge in [0, 0.05) is 17.4 Å². The van der Waals surface area contributed by atoms with Crippen LogP contribution in [0, 0.1) is 17.7 Å². The van der Waals surface area contributed by atoms with Gasteiger partial charge < -0.3 is 20.3 Å². The van der Waals surface area contributed by atoms with Gasteiger partial charge in [-0.05, 0) is 62.4 Å². The molecule has 0 spiro atoms. The molecule has 0 aliphatic carbocycles. The molecule has 3 N–H and O–H groups in total. The number of carboxylic acids is 1. The van der Waals surface area contributed by atoms with E-state index in [9.17, 15) is 14.3 Å². The van der Waals surface area contributed by atoms with E-state index in [0.717, 1.165) is 19.2 Å². The minimum Gasteiger partial charge on any atom is -0.497 e. The van der Waals surface area contributed by atoms with Crippen molar-refractivity contribution in [3.8, 4) is 5.75 Å². The van der Waals surface area contributed by atoms with E-state index in [1.807, 2.05) is 0 Å². The molecule has 1 aliphatic heterocycles. The average Bonchev–Trinajstić information content (AvgIpc) is 2.66. The molecule has 1 saturated heterocycles. The molecule has 1 fully saturated rings. The van der Waals surface area contributed by atoms with Crippen molar-refractivity contribution >= 4 is 29.3 Å². The van der Waals surface area contributed by atoms with Crippen LogP contribution in [0.25, 0.3) is 10.9 Å². The van der Waals surface area contributed by atoms with E-state index >= 15 is 0 Å². The van der Waals surface area contributed by atoms with Crippen molar-refractivity contribution < 1.29 is 24.1 Å². The van der Waals surface area contributed by atoms with E-state index in [1.54, 1.807) is 18.2 Å². The first-order valence-corrected chi connectivity index (χ1v) is 9.22. The van der Waals surface area contributed by atoms with Gasteiger partial charge in [-0.2, -0.15) is 0 Å². The van der Waals surface area contributed by atoms with Gasteiger partial charge in [-0.25, -0.2) is 4.39 Å². The number of methoxy groups -OCH3 is 1. The maximum absolute atomic E-state index is 14.5. The number of carbonyl (C=O) groups is 1. The van der Waals surface area contributed by atoms with Gasteiger partial charge >= 0.3 is 5.97 Å². The van der Waals surface area contributed by atoms with Crippen LogP contribution >= 0.6 is 12.4 Å². The molecule has 0 amide bonds. The third kappa shape index (κ3) is 5.10. The Kier molecular flexibility index (Phi) is 7.98. The van der Waals surface area contributed by atoms with Crippen molar-refractivity contribution in [3.63, 3.8) is 0 Å². The number of aliphatic hydroxyl groups is 1. The summed E-state index contributed by atoms with van der Waals surface area (Å²) in [6.07, 6.45) is 2.13. The molecule has 6 nitrogen and oxygen atoms in total. The Balaban J connectivity index is 0.00000280. The monoisotopic (exact) mass is 412 g/mol. The van der Waals surface area contributed by atoms with Crippen LogP contribution in [0.5, 0.6) is 5.75 Å². The number of nitrogens with zero attached hydrogens (tertiary/aromatic N) is 1. The number of piperidine rings is 1. The molecule has 2 heterocycles. The highest BCUT2D eigenvalue weighted by atomic mass is 35.5. The lowest BCUT2D eigenvalue weighted by molar-refractivity contribution is -0.138. The number of ether oxygens (including phenoxy) is 1. The van der Waals surface area contributed by atoms with Crippen LogP contribution < -0.4 is 10.1 Å². The number of halogens is 2. The predicted molar refractivity (Wildman–Crippen MR) is 106 cm³/mol. The molecule has 0 saturated carbocycles. The van der Waals surface area contributed by atoms with E-state index < -0.39 is 17.9 Å². The number of hydrogen-bond donors (Lipinski definition) is 3. The third-order valence-corrected chi connectivity index (χ3v) is 5.41. The molecule has 1 unspecified atom stereocenters. The number of rotatable bonds is 7. The molecule has 0 radical (unpaired) electrons. The molecule has 3 rings (SSSR count). The zero-order chi connectivity index (χ0) is 19.4. The van der Waals surface area contributed by atoms with Crippen molar-refractivity contribution in [1.82, 2.24) is 10.3 Å². The summed E-state index contributed by atoms with van der Waals surface area (Å²) in [6, 6.07) is 5.16. The Hall–Kier alpha value is -1.96. The summed E-state index contributed by atoms with van der Waals surface area (Å²) in [7, 11) is 1.53. The molecule has 3 atom stereocenters. The number of aliphatic carboxylic acids is 1. The summed E-state index contributed by atoms with van der Waals surface area (Å²) in [5, 5.41) is 23.6. The van der Waals surface area contributed by atoms with Crippen molar-refractivity contribution in [1.29, 1.82) is 0 Å². The van der Waals surface area contributed by atoms with Crippen molar-refractivity contribution in [2.45, 2.75) is 31.8 Å². The first-order chi connectivity index (χ1) is 13.0. The molecule has 8 heteroatoms. The van der Waals surface area contributed by atoms with E-state index in [1.165, 1.54) is 7.11 Å². The second kappa shape index (κ2) is 10.0. The van der Waals surface area contributed by atoms with Crippen LogP contribution in [-0.2, 0) is 4.79 Å². The first-order valence-electron chi connectivity index (χ1n) is 9.22. The number of hydrogen-bond acceptors (Lipinski definition) is 5. The Labute approximate surface area is 169 Å². The second-order valence-electron chi connectivity index (χ2n) is 7.11. The highest BCUT2D eigenvalue weighted by molar-refractivity contribution is 5.85. The number of aromatic nitrogens is 1. The second-order valence-corrected chi connectivity index (χ2v) is 7.11. The summed E-state index contributed by atoms with van der Waals surface area (Å²) >= 11 is 0. The fourth-order valence-electron chi connectivity index (χ4n) is 3.97. The fourth-order valence-corrected chi connectivity index (χ4v) is 3.97. The Morgan fingerprint density at radius 3 is 2.93 bits per heavy atom. The number of pyridine rings is 1. The van der Waals surface area contributed by atoms with Crippen LogP contribution in [-0.4, -0.2) is 41.4 Å². The molecular weight excluding hydrogens is 387 g/mol. The van der Waals surface area contributed by atoms with Gasteiger partial charge in [-0.1, -0.05) is 0 Å². The number of aliphatic hydroxyl groups excluding tert-OH is 1. The van der Waals surface area contributed by atoms with Crippen LogP contribution in [0.3, 0.4) is 0 Å². The number of nitrogens with one attached hydrogen (secondary N) is 1. The van der Waals surface area contributed by atoms with E-state index in [0.29, 0.717) is 36.0 Å². The zero-order valence-electron chi connectivity index (χ0n) is 15.7. The molecule has 1 aromatic heterocycles. The predicted octanol–water partition coefficient (Wildman–Crippen LogP) is 3.32. The largest absolute Gasteiger partial charge is 0.497 e. The summed E-state index contributed by atoms with van der Waals surface area (Å²) in [5.74, 6) is -0.559. The smallest absolute Gasteiger partial charge is 0.303 e. The van der Waals surface area contributed by atoms with Crippen molar-refractivity contribution in [3.05, 3.63) is 35.8 Å². The van der Waals surface area contributed by atoms with Gasteiger partial charge in [0.05, 0.1) is 24.9 Å². The number of fused-ring (bicyclic) bond motifs is 1. The Morgan fingerprint density at radius 1 is 1.43 bits per heavy atom. The van der Waals surface area contributed by atoms with Gasteiger partial charge in [0.2, 0.25) is 0 Å². The highest BCUT2D eigenvalue weighted by Crippen LogP contribution is 2.34. The standard InChI is InChI=1S/C20H25FN2O4.ClH/c1-27-14-3-4-17-15(9-14)20(16(21)11-23-17)18(24)5-2-12-6-7-22-10-13(12)8-19(25)26;/h3-4,9,11-13,18,22,24H,2,5-8,10H2,1H3,(H,25,26);1H/t12?,13-,18-;/m1./s1. The zero-order valence-corrected chi connectivity index (χ0v) is 16.5. The lowest BCUT2D eigenvalue weighted by Crippen LogP contribution is -2.37. The highest BCUT2D eigenvalue weighted by Gasteiger charge is 2.28. The van der Waals surface area contributed by atoms with Crippen molar-refractivity contribution in [2.75, 3.05) is 20.2 Å². The van der Waals surface area contributed by atoms with Crippen LogP contribution in [0.4, 0.5) is 4.39 Å². The molecular formula is C20H26ClFN2O4. The van der Waals surface area contributed by atoms with Gasteiger partial charge in [0.15, 0.2) is 0 Å². The van der Waals surface area contributed by atoms with E-state index in [2.05, 4.69) is 10.3 Å². The first kappa shape index (κ1) is 22.3. The number of carboxylic acid groups (broad SMARTS) is 1. The molecule has 1 aromatic carbocycles. The lowest BCUT2D eigenvalue weighted by atomic mass is 9.80. The molecule has 0 bridgehead atoms. The lowest BCUT2D eigenvalue weighted by Gasteiger charge is -2.32. The quantitative estimate of drug-likeness (QED) is 0.646. The molecule has 2 aromatic rings.